The van der Waals surface area contributed by atoms with Crippen LogP contribution >= 0.6 is 0 Å². The third-order valence-electron chi connectivity index (χ3n) is 5.15. The van der Waals surface area contributed by atoms with Gasteiger partial charge < -0.3 is 28.4 Å². The largest absolute Gasteiger partial charge is 0.466 e. The van der Waals surface area contributed by atoms with Gasteiger partial charge in [0, 0.05) is 40.2 Å². The molecule has 1 fully saturated rings. The van der Waals surface area contributed by atoms with Crippen LogP contribution in [0.1, 0.15) is 39.7 Å². The average molecular weight is 507 g/mol. The summed E-state index contributed by atoms with van der Waals surface area (Å²) in [6, 6.07) is 8.87. The fourth-order valence-electron chi connectivity index (χ4n) is 3.81. The van der Waals surface area contributed by atoms with Crippen LogP contribution in [0.3, 0.4) is 0 Å². The Morgan fingerprint density at radius 3 is 1.81 bits per heavy atom. The van der Waals surface area contributed by atoms with Gasteiger partial charge in [-0.25, -0.2) is 4.79 Å². The van der Waals surface area contributed by atoms with Crippen LogP contribution in [0.4, 0.5) is 0 Å². The van der Waals surface area contributed by atoms with E-state index in [9.17, 15) is 24.0 Å². The molecular weight excluding hydrogens is 476 g/mol. The lowest BCUT2D eigenvalue weighted by molar-refractivity contribution is -0.251. The lowest BCUT2D eigenvalue weighted by Gasteiger charge is -2.44. The number of hydrogen-bond acceptors (Lipinski definition) is 11. The Morgan fingerprint density at radius 2 is 1.31 bits per heavy atom. The molecule has 1 aromatic rings. The Hall–Kier alpha value is -3.73. The van der Waals surface area contributed by atoms with Crippen LogP contribution in [0.5, 0.6) is 0 Å². The van der Waals surface area contributed by atoms with Gasteiger partial charge in [-0.2, -0.15) is 0 Å². The standard InChI is InChI=1S/C25H30O11/c1-14(26)32-13-21-24(34-16(3)28)25(35-17(4)29)23(33-15(2)27)20(36-21)11-19(12-22(30)31-5)18-9-7-6-8-10-18/h6-10,12,20-21,23-25H,11,13H2,1-5H3/b19-12+/t20-,21-,23+,24+,25-/m1/s1. The molecule has 0 saturated carbocycles. The van der Waals surface area contributed by atoms with Crippen molar-refractivity contribution in [2.24, 2.45) is 0 Å². The number of hydrogen-bond donors (Lipinski definition) is 0. The van der Waals surface area contributed by atoms with Crippen molar-refractivity contribution < 1.29 is 52.4 Å². The molecule has 0 unspecified atom stereocenters. The second-order valence-electron chi connectivity index (χ2n) is 8.00. The van der Waals surface area contributed by atoms with Gasteiger partial charge in [0.15, 0.2) is 18.3 Å². The fraction of sp³-hybridized carbons (Fsp3) is 0.480. The summed E-state index contributed by atoms with van der Waals surface area (Å²) in [6.07, 6.45) is -4.58. The number of carbonyl (C=O) groups excluding carboxylic acids is 5. The van der Waals surface area contributed by atoms with Crippen LogP contribution in [0.25, 0.3) is 5.57 Å². The molecule has 196 valence electrons. The number of rotatable bonds is 9. The SMILES string of the molecule is COC(=O)/C=C(\C[C@H]1O[C@H](COC(C)=O)[C@H](OC(C)=O)[C@H](OC(C)=O)[C@H]1OC(C)=O)c1ccccc1. The molecule has 1 aliphatic rings. The van der Waals surface area contributed by atoms with E-state index in [4.69, 9.17) is 28.4 Å². The van der Waals surface area contributed by atoms with E-state index < -0.39 is 60.4 Å². The van der Waals surface area contributed by atoms with Crippen molar-refractivity contribution in [3.05, 3.63) is 42.0 Å². The number of benzene rings is 1. The van der Waals surface area contributed by atoms with E-state index in [1.165, 1.54) is 20.1 Å². The van der Waals surface area contributed by atoms with Crippen molar-refractivity contribution in [2.75, 3.05) is 13.7 Å². The molecule has 5 atom stereocenters. The van der Waals surface area contributed by atoms with Crippen LogP contribution in [-0.2, 0) is 52.4 Å². The third-order valence-corrected chi connectivity index (χ3v) is 5.15. The summed E-state index contributed by atoms with van der Waals surface area (Å²) in [5.41, 5.74) is 1.14. The Morgan fingerprint density at radius 1 is 0.778 bits per heavy atom. The topological polar surface area (TPSA) is 141 Å². The predicted octanol–water partition coefficient (Wildman–Crippen LogP) is 1.76. The molecule has 0 spiro atoms. The zero-order chi connectivity index (χ0) is 26.8. The van der Waals surface area contributed by atoms with E-state index in [0.717, 1.165) is 20.8 Å². The van der Waals surface area contributed by atoms with Gasteiger partial charge in [-0.3, -0.25) is 19.2 Å². The first-order valence-electron chi connectivity index (χ1n) is 11.2. The van der Waals surface area contributed by atoms with Crippen LogP contribution in [0.2, 0.25) is 0 Å². The minimum Gasteiger partial charge on any atom is -0.466 e. The number of carbonyl (C=O) groups is 5. The smallest absolute Gasteiger partial charge is 0.330 e. The molecule has 0 bridgehead atoms. The van der Waals surface area contributed by atoms with Gasteiger partial charge in [-0.05, 0) is 11.1 Å². The summed E-state index contributed by atoms with van der Waals surface area (Å²) in [7, 11) is 1.23. The van der Waals surface area contributed by atoms with Gasteiger partial charge >= 0.3 is 29.8 Å². The lowest BCUT2D eigenvalue weighted by atomic mass is 9.89. The van der Waals surface area contributed by atoms with E-state index >= 15 is 0 Å². The number of esters is 5. The van der Waals surface area contributed by atoms with Crippen LogP contribution in [0.15, 0.2) is 36.4 Å². The second kappa shape index (κ2) is 13.4. The zero-order valence-electron chi connectivity index (χ0n) is 20.8. The highest BCUT2D eigenvalue weighted by Crippen LogP contribution is 2.34. The van der Waals surface area contributed by atoms with Gasteiger partial charge in [0.25, 0.3) is 0 Å². The van der Waals surface area contributed by atoms with E-state index in [0.29, 0.717) is 11.1 Å². The summed E-state index contributed by atoms with van der Waals surface area (Å²) in [4.78, 5) is 59.4. The molecule has 0 amide bonds. The number of methoxy groups -OCH3 is 1. The molecule has 1 saturated heterocycles. The third kappa shape index (κ3) is 8.49. The van der Waals surface area contributed by atoms with Crippen molar-refractivity contribution in [3.63, 3.8) is 0 Å². The molecule has 1 aromatic carbocycles. The van der Waals surface area contributed by atoms with Gasteiger partial charge in [0.1, 0.15) is 18.8 Å². The van der Waals surface area contributed by atoms with Crippen molar-refractivity contribution in [2.45, 2.75) is 64.6 Å². The normalized spacial score (nSPS) is 23.7. The van der Waals surface area contributed by atoms with Crippen molar-refractivity contribution in [1.82, 2.24) is 0 Å². The van der Waals surface area contributed by atoms with Crippen LogP contribution in [-0.4, -0.2) is 74.1 Å². The molecule has 0 N–H and O–H groups in total. The van der Waals surface area contributed by atoms with Gasteiger partial charge in [0.2, 0.25) is 0 Å². The molecule has 1 aliphatic heterocycles. The van der Waals surface area contributed by atoms with Crippen molar-refractivity contribution in [1.29, 1.82) is 0 Å². The van der Waals surface area contributed by atoms with E-state index in [2.05, 4.69) is 0 Å². The summed E-state index contributed by atoms with van der Waals surface area (Å²) in [5.74, 6) is -3.39. The quantitative estimate of drug-likeness (QED) is 0.275. The maximum Gasteiger partial charge on any atom is 0.330 e. The summed E-state index contributed by atoms with van der Waals surface area (Å²) < 4.78 is 32.3. The Bertz CT molecular complexity index is 985. The minimum atomic E-state index is -1.29. The number of ether oxygens (including phenoxy) is 6. The second-order valence-corrected chi connectivity index (χ2v) is 8.00. The first-order chi connectivity index (χ1) is 17.0. The molecule has 0 aromatic heterocycles. The van der Waals surface area contributed by atoms with Crippen molar-refractivity contribution >= 4 is 35.4 Å². The molecule has 36 heavy (non-hydrogen) atoms. The maximum atomic E-state index is 12.1. The Labute approximate surface area is 208 Å². The van der Waals surface area contributed by atoms with Gasteiger partial charge in [0.05, 0.1) is 7.11 Å². The highest BCUT2D eigenvalue weighted by atomic mass is 16.7. The van der Waals surface area contributed by atoms with Crippen molar-refractivity contribution in [3.8, 4) is 0 Å². The van der Waals surface area contributed by atoms with E-state index in [1.54, 1.807) is 30.3 Å². The Kier molecular flexibility index (Phi) is 10.6. The Balaban J connectivity index is 2.56. The average Bonchev–Trinajstić information content (AvgIpc) is 2.80. The first kappa shape index (κ1) is 28.5. The molecule has 2 rings (SSSR count). The first-order valence-corrected chi connectivity index (χ1v) is 11.2. The van der Waals surface area contributed by atoms with E-state index in [1.807, 2.05) is 0 Å². The zero-order valence-corrected chi connectivity index (χ0v) is 20.8. The van der Waals surface area contributed by atoms with E-state index in [-0.39, 0.29) is 13.0 Å². The molecule has 11 nitrogen and oxygen atoms in total. The minimum absolute atomic E-state index is 0.00180. The predicted molar refractivity (Wildman–Crippen MR) is 123 cm³/mol. The molecule has 0 aliphatic carbocycles. The highest BCUT2D eigenvalue weighted by molar-refractivity contribution is 5.91. The van der Waals surface area contributed by atoms with Gasteiger partial charge in [-0.15, -0.1) is 0 Å². The van der Waals surface area contributed by atoms with Gasteiger partial charge in [-0.1, -0.05) is 30.3 Å². The van der Waals surface area contributed by atoms with Crippen LogP contribution < -0.4 is 0 Å². The molecule has 11 heteroatoms. The molecule has 1 heterocycles. The highest BCUT2D eigenvalue weighted by Gasteiger charge is 2.52. The maximum absolute atomic E-state index is 12.1. The summed E-state index contributed by atoms with van der Waals surface area (Å²) >= 11 is 0. The monoisotopic (exact) mass is 506 g/mol. The molecule has 0 radical (unpaired) electrons. The fourth-order valence-corrected chi connectivity index (χ4v) is 3.81. The molecular formula is C25H30O11. The van der Waals surface area contributed by atoms with Crippen LogP contribution in [0, 0.1) is 0 Å². The summed E-state index contributed by atoms with van der Waals surface area (Å²) in [6.45, 7) is 4.31. The summed E-state index contributed by atoms with van der Waals surface area (Å²) in [5, 5.41) is 0. The lowest BCUT2D eigenvalue weighted by Crippen LogP contribution is -2.62.